The highest BCUT2D eigenvalue weighted by Gasteiger charge is 2.20. The molecule has 0 saturated carbocycles. The molecule has 5 heteroatoms. The van der Waals surface area contributed by atoms with E-state index in [2.05, 4.69) is 5.10 Å². The van der Waals surface area contributed by atoms with Gasteiger partial charge >= 0.3 is 0 Å². The van der Waals surface area contributed by atoms with E-state index in [1.807, 2.05) is 13.8 Å². The maximum absolute atomic E-state index is 12.4. The van der Waals surface area contributed by atoms with Crippen LogP contribution in [0.1, 0.15) is 35.9 Å². The van der Waals surface area contributed by atoms with Crippen LogP contribution in [0.3, 0.4) is 0 Å². The van der Waals surface area contributed by atoms with Gasteiger partial charge in [0.15, 0.2) is 0 Å². The number of carbonyl (C=O) groups is 1. The summed E-state index contributed by atoms with van der Waals surface area (Å²) in [4.78, 5) is 12.4. The number of hydrogen-bond donors (Lipinski definition) is 1. The predicted octanol–water partition coefficient (Wildman–Crippen LogP) is 2.93. The molecule has 18 heavy (non-hydrogen) atoms. The SMILES string of the molecule is CC(C)n1ncc(Cl)c1C(=O)c1ccc(N)cc1. The van der Waals surface area contributed by atoms with Crippen LogP contribution in [0.2, 0.25) is 5.02 Å². The van der Waals surface area contributed by atoms with Crippen LogP contribution >= 0.6 is 11.6 Å². The molecule has 0 saturated heterocycles. The van der Waals surface area contributed by atoms with Crippen molar-refractivity contribution in [3.8, 4) is 0 Å². The molecule has 0 atom stereocenters. The number of hydrogen-bond acceptors (Lipinski definition) is 3. The average Bonchev–Trinajstić information content (AvgIpc) is 2.71. The number of rotatable bonds is 3. The number of nitrogens with zero attached hydrogens (tertiary/aromatic N) is 2. The van der Waals surface area contributed by atoms with Gasteiger partial charge in [0.25, 0.3) is 0 Å². The fraction of sp³-hybridized carbons (Fsp3) is 0.231. The molecule has 0 aliphatic heterocycles. The number of aromatic nitrogens is 2. The number of anilines is 1. The second kappa shape index (κ2) is 4.82. The smallest absolute Gasteiger partial charge is 0.212 e. The van der Waals surface area contributed by atoms with E-state index in [0.717, 1.165) is 0 Å². The summed E-state index contributed by atoms with van der Waals surface area (Å²) in [5, 5.41) is 4.48. The van der Waals surface area contributed by atoms with Crippen LogP contribution in [0.15, 0.2) is 30.5 Å². The first kappa shape index (κ1) is 12.6. The van der Waals surface area contributed by atoms with Gasteiger partial charge in [-0.05, 0) is 38.1 Å². The highest BCUT2D eigenvalue weighted by Crippen LogP contribution is 2.22. The summed E-state index contributed by atoms with van der Waals surface area (Å²) in [5.74, 6) is -0.147. The highest BCUT2D eigenvalue weighted by atomic mass is 35.5. The number of ketones is 1. The van der Waals surface area contributed by atoms with Crippen LogP contribution in [-0.4, -0.2) is 15.6 Å². The van der Waals surface area contributed by atoms with E-state index in [4.69, 9.17) is 17.3 Å². The monoisotopic (exact) mass is 263 g/mol. The van der Waals surface area contributed by atoms with Crippen molar-refractivity contribution >= 4 is 23.1 Å². The van der Waals surface area contributed by atoms with Crippen LogP contribution < -0.4 is 5.73 Å². The van der Waals surface area contributed by atoms with E-state index in [1.165, 1.54) is 6.20 Å². The van der Waals surface area contributed by atoms with Crippen molar-refractivity contribution in [3.63, 3.8) is 0 Å². The number of carbonyl (C=O) groups excluding carboxylic acids is 1. The third-order valence-electron chi connectivity index (χ3n) is 2.63. The zero-order valence-electron chi connectivity index (χ0n) is 10.2. The molecule has 0 bridgehead atoms. The molecule has 2 N–H and O–H groups in total. The second-order valence-corrected chi connectivity index (χ2v) is 4.74. The minimum Gasteiger partial charge on any atom is -0.399 e. The standard InChI is InChI=1S/C13H14ClN3O/c1-8(2)17-12(11(14)7-16-17)13(18)9-3-5-10(15)6-4-9/h3-8H,15H2,1-2H3. The Hall–Kier alpha value is -1.81. The van der Waals surface area contributed by atoms with Gasteiger partial charge in [-0.2, -0.15) is 5.10 Å². The van der Waals surface area contributed by atoms with Gasteiger partial charge in [-0.25, -0.2) is 0 Å². The number of nitrogen functional groups attached to an aromatic ring is 1. The fourth-order valence-electron chi connectivity index (χ4n) is 1.72. The molecule has 0 amide bonds. The first-order valence-corrected chi connectivity index (χ1v) is 6.01. The molecular formula is C13H14ClN3O. The number of halogens is 1. The van der Waals surface area contributed by atoms with Crippen molar-refractivity contribution in [3.05, 3.63) is 46.7 Å². The molecule has 4 nitrogen and oxygen atoms in total. The lowest BCUT2D eigenvalue weighted by molar-refractivity contribution is 0.102. The first-order valence-electron chi connectivity index (χ1n) is 5.64. The first-order chi connectivity index (χ1) is 8.50. The van der Waals surface area contributed by atoms with E-state index in [0.29, 0.717) is 22.0 Å². The van der Waals surface area contributed by atoms with Crippen molar-refractivity contribution in [2.75, 3.05) is 5.73 Å². The van der Waals surface area contributed by atoms with Gasteiger partial charge in [-0.15, -0.1) is 0 Å². The summed E-state index contributed by atoms with van der Waals surface area (Å²) in [5.41, 5.74) is 7.18. The van der Waals surface area contributed by atoms with E-state index in [-0.39, 0.29) is 11.8 Å². The molecule has 0 aliphatic carbocycles. The Kier molecular flexibility index (Phi) is 3.39. The minimum absolute atomic E-state index is 0.0743. The molecule has 0 spiro atoms. The molecule has 1 aromatic carbocycles. The second-order valence-electron chi connectivity index (χ2n) is 4.33. The Morgan fingerprint density at radius 3 is 2.50 bits per heavy atom. The maximum atomic E-state index is 12.4. The molecule has 0 aliphatic rings. The van der Waals surface area contributed by atoms with Gasteiger partial charge < -0.3 is 5.73 Å². The zero-order valence-corrected chi connectivity index (χ0v) is 11.0. The van der Waals surface area contributed by atoms with Crippen molar-refractivity contribution < 1.29 is 4.79 Å². The summed E-state index contributed by atoms with van der Waals surface area (Å²) in [6, 6.07) is 6.83. The summed E-state index contributed by atoms with van der Waals surface area (Å²) in [7, 11) is 0. The van der Waals surface area contributed by atoms with Crippen LogP contribution in [0.4, 0.5) is 5.69 Å². The summed E-state index contributed by atoms with van der Waals surface area (Å²) < 4.78 is 1.63. The van der Waals surface area contributed by atoms with Gasteiger partial charge in [0.1, 0.15) is 5.69 Å². The summed E-state index contributed by atoms with van der Waals surface area (Å²) in [6.07, 6.45) is 1.49. The zero-order chi connectivity index (χ0) is 13.3. The maximum Gasteiger partial charge on any atom is 0.212 e. The highest BCUT2D eigenvalue weighted by molar-refractivity contribution is 6.34. The van der Waals surface area contributed by atoms with Crippen molar-refractivity contribution in [1.29, 1.82) is 0 Å². The minimum atomic E-state index is -0.147. The number of nitrogens with two attached hydrogens (primary N) is 1. The number of benzene rings is 1. The Bertz CT molecular complexity index is 572. The average molecular weight is 264 g/mol. The Balaban J connectivity index is 2.45. The molecule has 2 aromatic rings. The molecule has 1 heterocycles. The Morgan fingerprint density at radius 1 is 1.33 bits per heavy atom. The predicted molar refractivity (Wildman–Crippen MR) is 71.9 cm³/mol. The van der Waals surface area contributed by atoms with Gasteiger partial charge in [0.05, 0.1) is 11.2 Å². The van der Waals surface area contributed by atoms with E-state index in [9.17, 15) is 4.79 Å². The third kappa shape index (κ3) is 2.24. The Labute approximate surface area is 110 Å². The van der Waals surface area contributed by atoms with Crippen LogP contribution in [0.25, 0.3) is 0 Å². The van der Waals surface area contributed by atoms with E-state index >= 15 is 0 Å². The lowest BCUT2D eigenvalue weighted by atomic mass is 10.1. The molecule has 1 aromatic heterocycles. The molecular weight excluding hydrogens is 250 g/mol. The Morgan fingerprint density at radius 2 is 1.94 bits per heavy atom. The van der Waals surface area contributed by atoms with Gasteiger partial charge in [-0.3, -0.25) is 9.48 Å². The lowest BCUT2D eigenvalue weighted by Gasteiger charge is -2.10. The quantitative estimate of drug-likeness (QED) is 0.684. The molecule has 94 valence electrons. The van der Waals surface area contributed by atoms with Crippen molar-refractivity contribution in [1.82, 2.24) is 9.78 Å². The van der Waals surface area contributed by atoms with Crippen LogP contribution in [0.5, 0.6) is 0 Å². The summed E-state index contributed by atoms with van der Waals surface area (Å²) >= 11 is 6.04. The normalized spacial score (nSPS) is 10.9. The molecule has 0 radical (unpaired) electrons. The van der Waals surface area contributed by atoms with Crippen molar-refractivity contribution in [2.24, 2.45) is 0 Å². The molecule has 0 unspecified atom stereocenters. The van der Waals surface area contributed by atoms with Gasteiger partial charge in [0.2, 0.25) is 5.78 Å². The topological polar surface area (TPSA) is 60.9 Å². The lowest BCUT2D eigenvalue weighted by Crippen LogP contribution is -2.13. The van der Waals surface area contributed by atoms with Crippen LogP contribution in [0, 0.1) is 0 Å². The fourth-order valence-corrected chi connectivity index (χ4v) is 1.93. The van der Waals surface area contributed by atoms with Crippen LogP contribution in [-0.2, 0) is 0 Å². The van der Waals surface area contributed by atoms with Gasteiger partial charge in [0, 0.05) is 17.3 Å². The summed E-state index contributed by atoms with van der Waals surface area (Å²) in [6.45, 7) is 3.90. The largest absolute Gasteiger partial charge is 0.399 e. The molecule has 2 rings (SSSR count). The third-order valence-corrected chi connectivity index (χ3v) is 2.90. The van der Waals surface area contributed by atoms with E-state index in [1.54, 1.807) is 28.9 Å². The van der Waals surface area contributed by atoms with Gasteiger partial charge in [-0.1, -0.05) is 11.6 Å². The van der Waals surface area contributed by atoms with Crippen molar-refractivity contribution in [2.45, 2.75) is 19.9 Å². The van der Waals surface area contributed by atoms with E-state index < -0.39 is 0 Å². The molecule has 0 fully saturated rings.